The zero-order valence-electron chi connectivity index (χ0n) is 9.50. The molecule has 1 heterocycles. The fourth-order valence-corrected chi connectivity index (χ4v) is 2.99. The lowest BCUT2D eigenvalue weighted by Crippen LogP contribution is -2.08. The molecule has 1 aromatic rings. The number of benzene rings is 1. The first-order valence-corrected chi connectivity index (χ1v) is 6.52. The van der Waals surface area contributed by atoms with E-state index in [2.05, 4.69) is 33.9 Å². The molecule has 1 aromatic carbocycles. The molecule has 0 spiro atoms. The minimum absolute atomic E-state index is 0.203. The largest absolute Gasteiger partial charge is 0.490 e. The molecule has 2 aliphatic rings. The predicted octanol–water partition coefficient (Wildman–Crippen LogP) is 3.10. The number of rotatable bonds is 2. The van der Waals surface area contributed by atoms with E-state index in [1.807, 2.05) is 6.07 Å². The molecular weight excluding hydrogens is 282 g/mol. The highest BCUT2D eigenvalue weighted by atomic mass is 79.9. The molecule has 0 N–H and O–H groups in total. The molecule has 1 unspecified atom stereocenters. The van der Waals surface area contributed by atoms with Gasteiger partial charge in [-0.1, -0.05) is 15.9 Å². The number of aliphatic imine (C=N–C) groups is 1. The van der Waals surface area contributed by atoms with Crippen LogP contribution in [-0.2, 0) is 16.8 Å². The highest BCUT2D eigenvalue weighted by Crippen LogP contribution is 2.54. The van der Waals surface area contributed by atoms with Crippen LogP contribution >= 0.6 is 15.9 Å². The summed E-state index contributed by atoms with van der Waals surface area (Å²) in [4.78, 5) is 14.5. The van der Waals surface area contributed by atoms with Crippen LogP contribution in [0.1, 0.15) is 30.9 Å². The van der Waals surface area contributed by atoms with Gasteiger partial charge in [-0.05, 0) is 37.5 Å². The number of halogens is 1. The lowest BCUT2D eigenvalue weighted by molar-refractivity contribution is 0.251. The fourth-order valence-electron chi connectivity index (χ4n) is 2.49. The van der Waals surface area contributed by atoms with Crippen LogP contribution in [0.5, 0.6) is 5.75 Å². The van der Waals surface area contributed by atoms with E-state index in [0.29, 0.717) is 0 Å². The molecule has 1 aliphatic carbocycles. The van der Waals surface area contributed by atoms with E-state index in [4.69, 9.17) is 4.74 Å². The summed E-state index contributed by atoms with van der Waals surface area (Å²) in [6.07, 6.45) is 4.63. The van der Waals surface area contributed by atoms with E-state index in [0.717, 1.165) is 35.0 Å². The van der Waals surface area contributed by atoms with Crippen LogP contribution in [0.2, 0.25) is 0 Å². The Balaban J connectivity index is 2.15. The molecule has 17 heavy (non-hydrogen) atoms. The maximum Gasteiger partial charge on any atom is 0.235 e. The summed E-state index contributed by atoms with van der Waals surface area (Å²) >= 11 is 3.51. The molecule has 1 fully saturated rings. The van der Waals surface area contributed by atoms with Gasteiger partial charge in [-0.15, -0.1) is 0 Å². The van der Waals surface area contributed by atoms with Crippen molar-refractivity contribution >= 4 is 22.0 Å². The van der Waals surface area contributed by atoms with Gasteiger partial charge in [0.1, 0.15) is 17.4 Å². The van der Waals surface area contributed by atoms with Crippen molar-refractivity contribution < 1.29 is 9.53 Å². The number of hydrogen-bond acceptors (Lipinski definition) is 3. The molecule has 3 rings (SSSR count). The molecular formula is C13H12BrNO2. The summed E-state index contributed by atoms with van der Waals surface area (Å²) in [6.45, 7) is 2.06. The van der Waals surface area contributed by atoms with Gasteiger partial charge in [-0.3, -0.25) is 0 Å². The molecule has 1 aliphatic heterocycles. The highest BCUT2D eigenvalue weighted by molar-refractivity contribution is 9.10. The zero-order chi connectivity index (χ0) is 12.0. The summed E-state index contributed by atoms with van der Waals surface area (Å²) in [7, 11) is 0. The molecule has 0 radical (unpaired) electrons. The molecule has 1 atom stereocenters. The molecule has 0 bridgehead atoms. The van der Waals surface area contributed by atoms with Crippen LogP contribution < -0.4 is 4.74 Å². The van der Waals surface area contributed by atoms with Crippen LogP contribution in [0.3, 0.4) is 0 Å². The standard InChI is InChI=1S/C13H12BrNO2/c1-8-4-9-5-10(14)6-11(12(9)17-8)13(2-3-13)15-7-16/h5-6,8H,2-4H2,1H3. The van der Waals surface area contributed by atoms with Crippen molar-refractivity contribution in [2.45, 2.75) is 37.8 Å². The summed E-state index contributed by atoms with van der Waals surface area (Å²) in [5.74, 6) is 0.928. The second-order valence-electron chi connectivity index (χ2n) is 4.81. The van der Waals surface area contributed by atoms with Gasteiger partial charge in [0.25, 0.3) is 0 Å². The van der Waals surface area contributed by atoms with Gasteiger partial charge in [0.05, 0.1) is 0 Å². The summed E-state index contributed by atoms with van der Waals surface area (Å²) < 4.78 is 6.88. The maximum atomic E-state index is 10.5. The number of carbonyl (C=O) groups excluding carboxylic acids is 1. The molecule has 1 saturated carbocycles. The van der Waals surface area contributed by atoms with Gasteiger partial charge in [0, 0.05) is 16.5 Å². The Labute approximate surface area is 108 Å². The van der Waals surface area contributed by atoms with E-state index >= 15 is 0 Å². The number of hydrogen-bond donors (Lipinski definition) is 0. The first-order chi connectivity index (χ1) is 8.14. The minimum Gasteiger partial charge on any atom is -0.490 e. The number of fused-ring (bicyclic) bond motifs is 1. The van der Waals surface area contributed by atoms with Crippen molar-refractivity contribution in [1.82, 2.24) is 0 Å². The number of ether oxygens (including phenoxy) is 1. The van der Waals surface area contributed by atoms with Crippen molar-refractivity contribution in [2.24, 2.45) is 4.99 Å². The van der Waals surface area contributed by atoms with Gasteiger partial charge < -0.3 is 4.74 Å². The van der Waals surface area contributed by atoms with Crippen LogP contribution in [0.15, 0.2) is 21.6 Å². The SMILES string of the molecule is CC1Cc2cc(Br)cc(C3(N=C=O)CC3)c2O1. The molecule has 0 saturated heterocycles. The van der Waals surface area contributed by atoms with Crippen molar-refractivity contribution in [2.75, 3.05) is 0 Å². The summed E-state index contributed by atoms with van der Waals surface area (Å²) in [6, 6.07) is 4.10. The fraction of sp³-hybridized carbons (Fsp3) is 0.462. The van der Waals surface area contributed by atoms with Crippen molar-refractivity contribution in [3.63, 3.8) is 0 Å². The molecule has 0 amide bonds. The summed E-state index contributed by atoms with van der Waals surface area (Å²) in [5.41, 5.74) is 1.88. The Hall–Kier alpha value is -1.12. The van der Waals surface area contributed by atoms with Crippen molar-refractivity contribution in [1.29, 1.82) is 0 Å². The zero-order valence-corrected chi connectivity index (χ0v) is 11.1. The first kappa shape index (κ1) is 11.0. The summed E-state index contributed by atoms with van der Waals surface area (Å²) in [5, 5.41) is 0. The molecule has 3 nitrogen and oxygen atoms in total. The van der Waals surface area contributed by atoms with Gasteiger partial charge >= 0.3 is 0 Å². The van der Waals surface area contributed by atoms with E-state index in [9.17, 15) is 4.79 Å². The average molecular weight is 294 g/mol. The first-order valence-electron chi connectivity index (χ1n) is 5.73. The maximum absolute atomic E-state index is 10.5. The Morgan fingerprint density at radius 2 is 2.29 bits per heavy atom. The van der Waals surface area contributed by atoms with Crippen LogP contribution in [0.4, 0.5) is 0 Å². The monoisotopic (exact) mass is 293 g/mol. The van der Waals surface area contributed by atoms with Crippen molar-refractivity contribution in [3.05, 3.63) is 27.7 Å². The van der Waals surface area contributed by atoms with Gasteiger partial charge in [0.2, 0.25) is 6.08 Å². The Bertz CT molecular complexity index is 530. The second-order valence-corrected chi connectivity index (χ2v) is 5.72. The Morgan fingerprint density at radius 1 is 1.53 bits per heavy atom. The van der Waals surface area contributed by atoms with Crippen molar-refractivity contribution in [3.8, 4) is 5.75 Å². The lowest BCUT2D eigenvalue weighted by atomic mass is 10.00. The van der Waals surface area contributed by atoms with E-state index in [1.165, 1.54) is 5.56 Å². The molecule has 0 aromatic heterocycles. The number of nitrogens with zero attached hydrogens (tertiary/aromatic N) is 1. The van der Waals surface area contributed by atoms with Gasteiger partial charge in [-0.2, -0.15) is 4.99 Å². The minimum atomic E-state index is -0.361. The van der Waals surface area contributed by atoms with Crippen LogP contribution in [0, 0.1) is 0 Å². The molecule has 4 heteroatoms. The van der Waals surface area contributed by atoms with Gasteiger partial charge in [-0.25, -0.2) is 4.79 Å². The van der Waals surface area contributed by atoms with E-state index in [1.54, 1.807) is 6.08 Å². The third-order valence-corrected chi connectivity index (χ3v) is 3.90. The predicted molar refractivity (Wildman–Crippen MR) is 67.0 cm³/mol. The second kappa shape index (κ2) is 3.69. The van der Waals surface area contributed by atoms with Crippen LogP contribution in [0.25, 0.3) is 0 Å². The third-order valence-electron chi connectivity index (χ3n) is 3.44. The van der Waals surface area contributed by atoms with Gasteiger partial charge in [0.15, 0.2) is 0 Å². The van der Waals surface area contributed by atoms with E-state index < -0.39 is 0 Å². The number of isocyanates is 1. The lowest BCUT2D eigenvalue weighted by Gasteiger charge is -2.14. The highest BCUT2D eigenvalue weighted by Gasteiger charge is 2.48. The van der Waals surface area contributed by atoms with E-state index in [-0.39, 0.29) is 11.6 Å². The Kier molecular flexibility index (Phi) is 2.39. The topological polar surface area (TPSA) is 38.7 Å². The smallest absolute Gasteiger partial charge is 0.235 e. The molecule has 88 valence electrons. The normalized spacial score (nSPS) is 23.5. The quantitative estimate of drug-likeness (QED) is 0.621. The average Bonchev–Trinajstić information content (AvgIpc) is 2.94. The Morgan fingerprint density at radius 3 is 2.94 bits per heavy atom. The third kappa shape index (κ3) is 1.72. The van der Waals surface area contributed by atoms with Crippen LogP contribution in [-0.4, -0.2) is 12.2 Å².